The van der Waals surface area contributed by atoms with Gasteiger partial charge in [-0.15, -0.1) is 0 Å². The van der Waals surface area contributed by atoms with Crippen molar-refractivity contribution in [3.05, 3.63) is 119 Å². The molecule has 1 saturated heterocycles. The maximum atomic E-state index is 16.1. The molecule has 71 heavy (non-hydrogen) atoms. The third-order valence-corrected chi connectivity index (χ3v) is 14.9. The van der Waals surface area contributed by atoms with Crippen LogP contribution in [0.15, 0.2) is 96.1 Å². The first-order chi connectivity index (χ1) is 33.7. The first kappa shape index (κ1) is 52.9. The Kier molecular flexibility index (Phi) is 15.7. The summed E-state index contributed by atoms with van der Waals surface area (Å²) in [4.78, 5) is 99.7. The van der Waals surface area contributed by atoms with Gasteiger partial charge in [0.05, 0.1) is 29.9 Å². The van der Waals surface area contributed by atoms with E-state index >= 15 is 9.59 Å². The SMILES string of the molecule is CCO[C@H]1C(=O)[C@@]2(C)C(C(OC(=O)c3ccc(F)cc3)[C@]3(O)C[C@H](OC(=O)[C@H](OC(=O)CC)[C@@H](NC(=O)c4ccccc4)c4ccccc4)C(C)=C1C3(C)C)[C@]1(OC(C)=O)CO[C@@H]1C[C@@H]2OC(=O)CCS. The van der Waals surface area contributed by atoms with Gasteiger partial charge in [-0.3, -0.25) is 24.0 Å². The summed E-state index contributed by atoms with van der Waals surface area (Å²) < 4.78 is 57.9. The summed E-state index contributed by atoms with van der Waals surface area (Å²) in [5.74, 6) is -8.02. The minimum absolute atomic E-state index is 0.0737. The second-order valence-corrected chi connectivity index (χ2v) is 19.5. The van der Waals surface area contributed by atoms with Gasteiger partial charge in [0.15, 0.2) is 11.4 Å². The molecule has 3 aromatic carbocycles. The molecule has 2 saturated carbocycles. The number of nitrogens with one attached hydrogen (secondary N) is 1. The van der Waals surface area contributed by atoms with Crippen molar-refractivity contribution in [1.82, 2.24) is 5.32 Å². The van der Waals surface area contributed by atoms with Gasteiger partial charge in [-0.05, 0) is 73.9 Å². The van der Waals surface area contributed by atoms with E-state index < -0.39 is 124 Å². The van der Waals surface area contributed by atoms with E-state index in [1.165, 1.54) is 26.0 Å². The van der Waals surface area contributed by atoms with Crippen LogP contribution in [-0.2, 0) is 57.1 Å². The van der Waals surface area contributed by atoms with E-state index in [9.17, 15) is 33.5 Å². The smallest absolute Gasteiger partial charge is 0.350 e. The fraction of sp³-hybridized carbons (Fsp3) is 0.491. The van der Waals surface area contributed by atoms with E-state index in [2.05, 4.69) is 17.9 Å². The van der Waals surface area contributed by atoms with Crippen LogP contribution in [0.2, 0.25) is 0 Å². The van der Waals surface area contributed by atoms with E-state index in [0.717, 1.165) is 19.1 Å². The maximum absolute atomic E-state index is 16.1. The fourth-order valence-corrected chi connectivity index (χ4v) is 11.2. The molecular weight excluding hydrogens is 942 g/mol. The van der Waals surface area contributed by atoms with Crippen LogP contribution in [-0.4, -0.2) is 113 Å². The standard InChI is InChI=1S/C53H60FNO15S/c1-8-38(57)68-43(41(31-16-12-10-13-17-31)55-47(60)32-18-14-11-15-19-32)49(62)66-35-27-53(63)46(69-48(61)33-20-22-34(54)23-21-33)44-51(7,45(59)42(64-9-2)40(29(35)3)50(53,5)6)36(67-39(58)24-25-71)26-37-52(44,28-65-37)70-30(4)56/h10-23,35-37,41-44,46,63,71H,8-9,24-28H2,1-7H3,(H,55,60)/t35-,36-,37+,41-,42+,43+,44?,46?,51+,52-,53+/m0/s1. The van der Waals surface area contributed by atoms with E-state index in [0.29, 0.717) is 5.56 Å². The van der Waals surface area contributed by atoms with E-state index in [-0.39, 0.29) is 60.5 Å². The summed E-state index contributed by atoms with van der Waals surface area (Å²) in [6.45, 7) is 10.2. The van der Waals surface area contributed by atoms with Crippen molar-refractivity contribution in [3.63, 3.8) is 0 Å². The Balaban J connectivity index is 1.44. The van der Waals surface area contributed by atoms with Crippen molar-refractivity contribution < 1.29 is 76.2 Å². The zero-order valence-corrected chi connectivity index (χ0v) is 41.5. The number of halogens is 1. The lowest BCUT2D eigenvalue weighted by Gasteiger charge is -2.67. The third-order valence-electron chi connectivity index (χ3n) is 14.7. The van der Waals surface area contributed by atoms with Crippen molar-refractivity contribution in [1.29, 1.82) is 0 Å². The largest absolute Gasteiger partial charge is 0.461 e. The van der Waals surface area contributed by atoms with E-state index in [4.69, 9.17) is 33.2 Å². The molecule has 11 atom stereocenters. The van der Waals surface area contributed by atoms with Gasteiger partial charge in [-0.25, -0.2) is 14.0 Å². The Morgan fingerprint density at radius 1 is 0.887 bits per heavy atom. The normalized spacial score (nSPS) is 29.2. The summed E-state index contributed by atoms with van der Waals surface area (Å²) in [6.07, 6.45) is -10.3. The zero-order valence-electron chi connectivity index (χ0n) is 40.6. The molecule has 380 valence electrons. The van der Waals surface area contributed by atoms with Gasteiger partial charge in [0, 0.05) is 49.5 Å². The van der Waals surface area contributed by atoms with Gasteiger partial charge in [-0.1, -0.05) is 69.3 Å². The minimum Gasteiger partial charge on any atom is -0.461 e. The zero-order chi connectivity index (χ0) is 51.6. The van der Waals surface area contributed by atoms with Crippen LogP contribution in [0.5, 0.6) is 0 Å². The quantitative estimate of drug-likeness (QED) is 0.0632. The molecular formula is C53H60FNO15S. The van der Waals surface area contributed by atoms with Crippen LogP contribution in [0.4, 0.5) is 4.39 Å². The predicted octanol–water partition coefficient (Wildman–Crippen LogP) is 6.18. The van der Waals surface area contributed by atoms with E-state index in [1.54, 1.807) is 88.4 Å². The molecule has 1 aliphatic heterocycles. The number of carbonyl (C=O) groups is 7. The molecule has 3 aromatic rings. The molecule has 0 radical (unpaired) electrons. The number of fused-ring (bicyclic) bond motifs is 5. The van der Waals surface area contributed by atoms with Crippen LogP contribution in [0, 0.1) is 22.6 Å². The molecule has 2 unspecified atom stereocenters. The van der Waals surface area contributed by atoms with Gasteiger partial charge >= 0.3 is 29.8 Å². The monoisotopic (exact) mass is 1000 g/mol. The summed E-state index contributed by atoms with van der Waals surface area (Å²) in [6, 6.07) is 19.6. The summed E-state index contributed by atoms with van der Waals surface area (Å²) in [7, 11) is 0. The van der Waals surface area contributed by atoms with Crippen molar-refractivity contribution in [3.8, 4) is 0 Å². The van der Waals surface area contributed by atoms with Gasteiger partial charge < -0.3 is 43.6 Å². The highest BCUT2D eigenvalue weighted by Gasteiger charge is 2.79. The van der Waals surface area contributed by atoms with Crippen LogP contribution in [0.1, 0.15) is 106 Å². The lowest BCUT2D eigenvalue weighted by molar-refractivity contribution is -0.346. The summed E-state index contributed by atoms with van der Waals surface area (Å²) >= 11 is 4.21. The number of amides is 1. The van der Waals surface area contributed by atoms with Gasteiger partial charge in [0.25, 0.3) is 5.91 Å². The lowest BCUT2D eigenvalue weighted by atomic mass is 9.44. The van der Waals surface area contributed by atoms with E-state index in [1.807, 2.05) is 0 Å². The number of Topliss-reactive ketones (excluding diaryl/α,β-unsaturated/α-hetero) is 1. The Bertz CT molecular complexity index is 2560. The number of benzene rings is 3. The molecule has 0 spiro atoms. The highest BCUT2D eigenvalue weighted by atomic mass is 32.1. The number of ketones is 1. The topological polar surface area (TPSA) is 216 Å². The molecule has 1 amide bonds. The van der Waals surface area contributed by atoms with Crippen LogP contribution >= 0.6 is 12.6 Å². The maximum Gasteiger partial charge on any atom is 0.350 e. The second-order valence-electron chi connectivity index (χ2n) is 19.1. The Hall–Kier alpha value is -5.95. The van der Waals surface area contributed by atoms with Gasteiger partial charge in [0.2, 0.25) is 6.10 Å². The third kappa shape index (κ3) is 9.75. The fourth-order valence-electron chi connectivity index (χ4n) is 11.0. The van der Waals surface area contributed by atoms with Crippen LogP contribution < -0.4 is 5.32 Å². The average Bonchev–Trinajstić information content (AvgIpc) is 3.33. The number of esters is 5. The highest BCUT2D eigenvalue weighted by molar-refractivity contribution is 7.80. The molecule has 16 nitrogen and oxygen atoms in total. The highest BCUT2D eigenvalue weighted by Crippen LogP contribution is 2.65. The summed E-state index contributed by atoms with van der Waals surface area (Å²) in [5.41, 5.74) is -7.08. The number of hydrogen-bond acceptors (Lipinski definition) is 16. The molecule has 2 N–H and O–H groups in total. The Morgan fingerprint density at radius 3 is 2.11 bits per heavy atom. The molecule has 18 heteroatoms. The number of carbonyl (C=O) groups excluding carboxylic acids is 7. The first-order valence-corrected chi connectivity index (χ1v) is 24.3. The second kappa shape index (κ2) is 21.0. The molecule has 4 aliphatic rings. The van der Waals surface area contributed by atoms with Crippen LogP contribution in [0.3, 0.4) is 0 Å². The number of thiol groups is 1. The molecule has 7 rings (SSSR count). The first-order valence-electron chi connectivity index (χ1n) is 23.7. The number of rotatable bonds is 16. The minimum atomic E-state index is -2.44. The summed E-state index contributed by atoms with van der Waals surface area (Å²) in [5, 5.41) is 16.9. The van der Waals surface area contributed by atoms with Crippen molar-refractivity contribution in [2.45, 2.75) is 128 Å². The molecule has 3 fully saturated rings. The van der Waals surface area contributed by atoms with Crippen molar-refractivity contribution >= 4 is 54.2 Å². The van der Waals surface area contributed by atoms with Gasteiger partial charge in [0.1, 0.15) is 48.0 Å². The number of hydrogen-bond donors (Lipinski definition) is 3. The number of aliphatic hydroxyl groups is 1. The molecule has 3 aliphatic carbocycles. The van der Waals surface area contributed by atoms with Gasteiger partial charge in [-0.2, -0.15) is 12.6 Å². The molecule has 2 bridgehead atoms. The number of ether oxygens (including phenoxy) is 7. The Labute approximate surface area is 416 Å². The predicted molar refractivity (Wildman–Crippen MR) is 254 cm³/mol. The Morgan fingerprint density at radius 2 is 1.54 bits per heavy atom. The van der Waals surface area contributed by atoms with Crippen molar-refractivity contribution in [2.75, 3.05) is 19.0 Å². The van der Waals surface area contributed by atoms with Crippen molar-refractivity contribution in [2.24, 2.45) is 16.7 Å². The molecule has 1 heterocycles. The average molecular weight is 1000 g/mol. The lowest BCUT2D eigenvalue weighted by Crippen LogP contribution is -2.82. The van der Waals surface area contributed by atoms with Crippen LogP contribution in [0.25, 0.3) is 0 Å². The molecule has 0 aromatic heterocycles.